The van der Waals surface area contributed by atoms with Crippen LogP contribution in [0.4, 0.5) is 0 Å². The molecule has 1 amide bonds. The van der Waals surface area contributed by atoms with Crippen molar-refractivity contribution in [2.24, 2.45) is 5.10 Å². The van der Waals surface area contributed by atoms with Crippen LogP contribution in [0.15, 0.2) is 82.5 Å². The zero-order valence-corrected chi connectivity index (χ0v) is 22.4. The predicted molar refractivity (Wildman–Crippen MR) is 151 cm³/mol. The van der Waals surface area contributed by atoms with Crippen molar-refractivity contribution < 1.29 is 13.9 Å². The minimum atomic E-state index is -0.200. The Balaban J connectivity index is 1.18. The maximum atomic E-state index is 13.4. The van der Waals surface area contributed by atoms with E-state index in [4.69, 9.17) is 21.4 Å². The zero-order valence-electron chi connectivity index (χ0n) is 20.8. The SMILES string of the molecule is COc1ccc(C2CC(c3ccco3)=NN2C(=O)CSC(=S)N2CCN(Cc3ccccc3)CC2)cc1. The summed E-state index contributed by atoms with van der Waals surface area (Å²) in [6.45, 7) is 4.58. The lowest BCUT2D eigenvalue weighted by molar-refractivity contribution is -0.130. The van der Waals surface area contributed by atoms with Crippen LogP contribution in [-0.2, 0) is 11.3 Å². The third kappa shape index (κ3) is 6.23. The molecule has 5 rings (SSSR count). The summed E-state index contributed by atoms with van der Waals surface area (Å²) in [7, 11) is 1.64. The van der Waals surface area contributed by atoms with Gasteiger partial charge in [-0.15, -0.1) is 0 Å². The highest BCUT2D eigenvalue weighted by molar-refractivity contribution is 8.23. The molecule has 0 saturated carbocycles. The molecule has 2 aromatic carbocycles. The maximum Gasteiger partial charge on any atom is 0.253 e. The molecule has 0 aliphatic carbocycles. The minimum absolute atomic E-state index is 0.0718. The van der Waals surface area contributed by atoms with Gasteiger partial charge in [-0.25, -0.2) is 5.01 Å². The average molecular weight is 535 g/mol. The number of benzene rings is 2. The number of hydrazone groups is 1. The molecule has 2 aliphatic rings. The Morgan fingerprint density at radius 2 is 1.81 bits per heavy atom. The first-order valence-corrected chi connectivity index (χ1v) is 13.8. The molecule has 9 heteroatoms. The molecule has 192 valence electrons. The van der Waals surface area contributed by atoms with Crippen molar-refractivity contribution in [2.45, 2.75) is 19.0 Å². The second-order valence-electron chi connectivity index (χ2n) is 9.06. The number of methoxy groups -OCH3 is 1. The molecule has 1 aromatic heterocycles. The van der Waals surface area contributed by atoms with Crippen molar-refractivity contribution in [3.05, 3.63) is 89.9 Å². The van der Waals surface area contributed by atoms with Crippen LogP contribution in [0.25, 0.3) is 0 Å². The van der Waals surface area contributed by atoms with Gasteiger partial charge in [0.1, 0.15) is 21.5 Å². The Labute approximate surface area is 227 Å². The lowest BCUT2D eigenvalue weighted by atomic mass is 10.0. The molecule has 2 aliphatic heterocycles. The summed E-state index contributed by atoms with van der Waals surface area (Å²) >= 11 is 7.13. The highest BCUT2D eigenvalue weighted by Crippen LogP contribution is 2.34. The fourth-order valence-electron chi connectivity index (χ4n) is 4.63. The van der Waals surface area contributed by atoms with E-state index >= 15 is 0 Å². The number of thiocarbonyl (C=S) groups is 1. The van der Waals surface area contributed by atoms with Gasteiger partial charge >= 0.3 is 0 Å². The molecular weight excluding hydrogens is 504 g/mol. The Hall–Kier alpha value is -3.14. The fraction of sp³-hybridized carbons (Fsp3) is 0.321. The summed E-state index contributed by atoms with van der Waals surface area (Å²) in [4.78, 5) is 18.0. The van der Waals surface area contributed by atoms with E-state index in [1.807, 2.05) is 42.5 Å². The highest BCUT2D eigenvalue weighted by Gasteiger charge is 2.34. The largest absolute Gasteiger partial charge is 0.497 e. The van der Waals surface area contributed by atoms with Crippen LogP contribution in [0, 0.1) is 0 Å². The van der Waals surface area contributed by atoms with Crippen LogP contribution < -0.4 is 4.74 Å². The Morgan fingerprint density at radius 1 is 1.05 bits per heavy atom. The van der Waals surface area contributed by atoms with E-state index in [-0.39, 0.29) is 17.7 Å². The summed E-state index contributed by atoms with van der Waals surface area (Å²) in [5, 5.41) is 6.26. The first-order chi connectivity index (χ1) is 18.1. The molecule has 0 radical (unpaired) electrons. The van der Waals surface area contributed by atoms with Gasteiger partial charge in [0.05, 0.1) is 25.2 Å². The molecule has 1 atom stereocenters. The summed E-state index contributed by atoms with van der Waals surface area (Å²) in [6, 6.07) is 21.8. The normalized spacial score (nSPS) is 18.1. The number of carbonyl (C=O) groups is 1. The number of rotatable bonds is 7. The number of hydrogen-bond donors (Lipinski definition) is 0. The van der Waals surface area contributed by atoms with Gasteiger partial charge in [0.2, 0.25) is 0 Å². The molecule has 0 N–H and O–H groups in total. The van der Waals surface area contributed by atoms with Gasteiger partial charge in [0.15, 0.2) is 0 Å². The number of piperazine rings is 1. The van der Waals surface area contributed by atoms with Crippen molar-refractivity contribution in [3.8, 4) is 5.75 Å². The molecule has 1 saturated heterocycles. The van der Waals surface area contributed by atoms with E-state index in [1.54, 1.807) is 18.4 Å². The van der Waals surface area contributed by atoms with Crippen LogP contribution in [0.5, 0.6) is 5.75 Å². The smallest absolute Gasteiger partial charge is 0.253 e. The summed E-state index contributed by atoms with van der Waals surface area (Å²) in [6.07, 6.45) is 2.21. The van der Waals surface area contributed by atoms with E-state index in [1.165, 1.54) is 17.3 Å². The first kappa shape index (κ1) is 25.5. The number of furan rings is 1. The van der Waals surface area contributed by atoms with Gasteiger partial charge in [-0.2, -0.15) is 5.10 Å². The number of carbonyl (C=O) groups excluding carboxylic acids is 1. The van der Waals surface area contributed by atoms with E-state index in [0.717, 1.165) is 54.1 Å². The van der Waals surface area contributed by atoms with E-state index in [9.17, 15) is 4.79 Å². The monoisotopic (exact) mass is 534 g/mol. The van der Waals surface area contributed by atoms with Crippen LogP contribution >= 0.6 is 24.0 Å². The molecular formula is C28H30N4O3S2. The summed E-state index contributed by atoms with van der Waals surface area (Å²) in [5.41, 5.74) is 3.09. The molecule has 7 nitrogen and oxygen atoms in total. The van der Waals surface area contributed by atoms with Gasteiger partial charge < -0.3 is 14.1 Å². The van der Waals surface area contributed by atoms with Crippen molar-refractivity contribution in [1.29, 1.82) is 0 Å². The quantitative estimate of drug-likeness (QED) is 0.404. The van der Waals surface area contributed by atoms with E-state index in [2.05, 4.69) is 39.2 Å². The van der Waals surface area contributed by atoms with Crippen molar-refractivity contribution in [1.82, 2.24) is 14.8 Å². The number of ether oxygens (including phenoxy) is 1. The number of amides is 1. The van der Waals surface area contributed by atoms with Gasteiger partial charge in [-0.3, -0.25) is 9.69 Å². The van der Waals surface area contributed by atoms with Gasteiger partial charge in [-0.1, -0.05) is 66.4 Å². The lowest BCUT2D eigenvalue weighted by Gasteiger charge is -2.36. The summed E-state index contributed by atoms with van der Waals surface area (Å²) < 4.78 is 11.6. The van der Waals surface area contributed by atoms with Crippen LogP contribution in [-0.4, -0.2) is 69.8 Å². The molecule has 3 aromatic rings. The van der Waals surface area contributed by atoms with Crippen molar-refractivity contribution in [2.75, 3.05) is 39.0 Å². The Bertz CT molecular complexity index is 1220. The topological polar surface area (TPSA) is 61.5 Å². The fourth-order valence-corrected chi connectivity index (χ4v) is 5.73. The van der Waals surface area contributed by atoms with Gasteiger partial charge in [0.25, 0.3) is 5.91 Å². The predicted octanol–water partition coefficient (Wildman–Crippen LogP) is 4.80. The van der Waals surface area contributed by atoms with Crippen LogP contribution in [0.3, 0.4) is 0 Å². The van der Waals surface area contributed by atoms with Crippen molar-refractivity contribution in [3.63, 3.8) is 0 Å². The van der Waals surface area contributed by atoms with Gasteiger partial charge in [-0.05, 0) is 35.4 Å². The second kappa shape index (κ2) is 11.9. The highest BCUT2D eigenvalue weighted by atomic mass is 32.2. The molecule has 0 bridgehead atoms. The van der Waals surface area contributed by atoms with Crippen molar-refractivity contribution >= 4 is 39.9 Å². The van der Waals surface area contributed by atoms with Gasteiger partial charge in [0, 0.05) is 39.1 Å². The van der Waals surface area contributed by atoms with E-state index < -0.39 is 0 Å². The number of nitrogens with zero attached hydrogens (tertiary/aromatic N) is 4. The minimum Gasteiger partial charge on any atom is -0.497 e. The van der Waals surface area contributed by atoms with Crippen LogP contribution in [0.1, 0.15) is 29.3 Å². The molecule has 1 unspecified atom stereocenters. The standard InChI is InChI=1S/C28H30N4O3S2/c1-34-23-11-9-22(10-12-23)25-18-24(26-8-5-17-35-26)29-32(25)27(33)20-37-28(36)31-15-13-30(14-16-31)19-21-6-3-2-4-7-21/h2-12,17,25H,13-16,18-20H2,1H3. The Kier molecular flexibility index (Phi) is 8.23. The summed E-state index contributed by atoms with van der Waals surface area (Å²) in [5.74, 6) is 1.63. The number of thioether (sulfide) groups is 1. The second-order valence-corrected chi connectivity index (χ2v) is 10.7. The Morgan fingerprint density at radius 3 is 2.49 bits per heavy atom. The average Bonchev–Trinajstić information content (AvgIpc) is 3.63. The molecule has 3 heterocycles. The molecule has 37 heavy (non-hydrogen) atoms. The zero-order chi connectivity index (χ0) is 25.6. The molecule has 0 spiro atoms. The lowest BCUT2D eigenvalue weighted by Crippen LogP contribution is -2.47. The van der Waals surface area contributed by atoms with Crippen LogP contribution in [0.2, 0.25) is 0 Å². The first-order valence-electron chi connectivity index (χ1n) is 12.4. The third-order valence-electron chi connectivity index (χ3n) is 6.67. The molecule has 1 fully saturated rings. The number of hydrogen-bond acceptors (Lipinski definition) is 7. The maximum absolute atomic E-state index is 13.4. The third-order valence-corrected chi connectivity index (χ3v) is 8.18. The van der Waals surface area contributed by atoms with E-state index in [0.29, 0.717) is 12.2 Å².